The van der Waals surface area contributed by atoms with Crippen LogP contribution in [0.4, 0.5) is 0 Å². The van der Waals surface area contributed by atoms with Crippen LogP contribution < -0.4 is 5.73 Å². The highest BCUT2D eigenvalue weighted by molar-refractivity contribution is 5.91. The summed E-state index contributed by atoms with van der Waals surface area (Å²) < 4.78 is 1.89. The molecular weight excluding hydrogens is 360 g/mol. The summed E-state index contributed by atoms with van der Waals surface area (Å²) in [6.45, 7) is 4.08. The number of pyridine rings is 1. The van der Waals surface area contributed by atoms with Gasteiger partial charge in [-0.2, -0.15) is 5.10 Å². The molecule has 0 radical (unpaired) electrons. The third kappa shape index (κ3) is 2.95. The van der Waals surface area contributed by atoms with E-state index in [1.54, 1.807) is 0 Å². The van der Waals surface area contributed by atoms with E-state index in [4.69, 9.17) is 10.7 Å². The van der Waals surface area contributed by atoms with Gasteiger partial charge in [-0.15, -0.1) is 0 Å². The Morgan fingerprint density at radius 3 is 2.83 bits per heavy atom. The number of aromatic nitrogens is 5. The van der Waals surface area contributed by atoms with Gasteiger partial charge in [-0.1, -0.05) is 24.6 Å². The molecule has 6 nitrogen and oxygen atoms in total. The van der Waals surface area contributed by atoms with Crippen molar-refractivity contribution in [2.75, 3.05) is 0 Å². The van der Waals surface area contributed by atoms with Crippen LogP contribution in [0.3, 0.4) is 0 Å². The standard InChI is InChI=1S/C23H26N6/c1-13-20(14(2)29(3)28-13)22-26-21-18(10-11-25-23(21)27-22)16-8-9-17-15(12-16)6-4-5-7-19(17)24/h8-12,19H,4-7,24H2,1-3H3,(H,25,26,27). The number of aromatic amines is 1. The Bertz CT molecular complexity index is 1220. The van der Waals surface area contributed by atoms with Gasteiger partial charge in [0.25, 0.3) is 0 Å². The average Bonchev–Trinajstić information content (AvgIpc) is 3.17. The molecule has 5 rings (SSSR count). The van der Waals surface area contributed by atoms with Crippen molar-refractivity contribution in [3.8, 4) is 22.5 Å². The molecular formula is C23H26N6. The van der Waals surface area contributed by atoms with Crippen molar-refractivity contribution in [1.29, 1.82) is 0 Å². The molecule has 0 amide bonds. The molecule has 0 saturated carbocycles. The van der Waals surface area contributed by atoms with Gasteiger partial charge >= 0.3 is 0 Å². The molecule has 0 bridgehead atoms. The molecule has 3 heterocycles. The lowest BCUT2D eigenvalue weighted by atomic mass is 9.94. The molecule has 1 aliphatic rings. The molecule has 3 N–H and O–H groups in total. The second-order valence-corrected chi connectivity index (χ2v) is 8.08. The van der Waals surface area contributed by atoms with Crippen LogP contribution in [0.25, 0.3) is 33.7 Å². The van der Waals surface area contributed by atoms with Crippen LogP contribution in [0.15, 0.2) is 30.5 Å². The first kappa shape index (κ1) is 18.1. The molecule has 1 atom stereocenters. The summed E-state index contributed by atoms with van der Waals surface area (Å²) in [6, 6.07) is 8.87. The number of nitrogens with one attached hydrogen (secondary N) is 1. The zero-order valence-corrected chi connectivity index (χ0v) is 17.2. The molecule has 4 aromatic rings. The second kappa shape index (κ2) is 6.81. The number of aryl methyl sites for hydroxylation is 3. The van der Waals surface area contributed by atoms with Gasteiger partial charge in [0.2, 0.25) is 0 Å². The molecule has 0 saturated heterocycles. The van der Waals surface area contributed by atoms with Gasteiger partial charge in [-0.05, 0) is 55.9 Å². The largest absolute Gasteiger partial charge is 0.324 e. The highest BCUT2D eigenvalue weighted by Crippen LogP contribution is 2.34. The van der Waals surface area contributed by atoms with Crippen molar-refractivity contribution in [2.24, 2.45) is 12.8 Å². The van der Waals surface area contributed by atoms with Crippen LogP contribution in [0, 0.1) is 13.8 Å². The molecule has 0 fully saturated rings. The Balaban J connectivity index is 1.65. The highest BCUT2D eigenvalue weighted by atomic mass is 15.3. The molecule has 0 aliphatic heterocycles. The van der Waals surface area contributed by atoms with Crippen molar-refractivity contribution in [3.63, 3.8) is 0 Å². The minimum absolute atomic E-state index is 0.146. The molecule has 1 aliphatic carbocycles. The SMILES string of the molecule is Cc1nn(C)c(C)c1-c1nc2c(-c3ccc4c(c3)CCCCC4N)ccnc2[nH]1. The zero-order chi connectivity index (χ0) is 20.1. The normalized spacial score (nSPS) is 16.8. The number of hydrogen-bond acceptors (Lipinski definition) is 4. The maximum Gasteiger partial charge on any atom is 0.158 e. The molecule has 29 heavy (non-hydrogen) atoms. The molecule has 1 aromatic carbocycles. The van der Waals surface area contributed by atoms with E-state index in [-0.39, 0.29) is 6.04 Å². The minimum Gasteiger partial charge on any atom is -0.324 e. The van der Waals surface area contributed by atoms with Crippen molar-refractivity contribution in [3.05, 3.63) is 53.0 Å². The van der Waals surface area contributed by atoms with Crippen LogP contribution in [-0.4, -0.2) is 24.7 Å². The van der Waals surface area contributed by atoms with Gasteiger partial charge in [0.05, 0.1) is 11.3 Å². The fourth-order valence-electron chi connectivity index (χ4n) is 4.56. The molecule has 1 unspecified atom stereocenters. The van der Waals surface area contributed by atoms with Gasteiger partial charge in [0.15, 0.2) is 5.65 Å². The third-order valence-corrected chi connectivity index (χ3v) is 6.20. The Morgan fingerprint density at radius 1 is 1.17 bits per heavy atom. The van der Waals surface area contributed by atoms with E-state index < -0.39 is 0 Å². The summed E-state index contributed by atoms with van der Waals surface area (Å²) in [4.78, 5) is 12.9. The Hall–Kier alpha value is -2.99. The number of imidazole rings is 1. The summed E-state index contributed by atoms with van der Waals surface area (Å²) in [5.41, 5.74) is 16.1. The van der Waals surface area contributed by atoms with E-state index in [2.05, 4.69) is 40.2 Å². The number of nitrogens with zero attached hydrogens (tertiary/aromatic N) is 4. The lowest BCUT2D eigenvalue weighted by Crippen LogP contribution is -2.10. The summed E-state index contributed by atoms with van der Waals surface area (Å²) in [5, 5.41) is 4.53. The average molecular weight is 387 g/mol. The number of fused-ring (bicyclic) bond motifs is 2. The van der Waals surface area contributed by atoms with E-state index >= 15 is 0 Å². The van der Waals surface area contributed by atoms with E-state index in [9.17, 15) is 0 Å². The second-order valence-electron chi connectivity index (χ2n) is 8.08. The van der Waals surface area contributed by atoms with Crippen LogP contribution in [0.5, 0.6) is 0 Å². The first-order valence-electron chi connectivity index (χ1n) is 10.3. The fourth-order valence-corrected chi connectivity index (χ4v) is 4.56. The van der Waals surface area contributed by atoms with Crippen LogP contribution >= 0.6 is 0 Å². The van der Waals surface area contributed by atoms with E-state index in [1.807, 2.05) is 30.9 Å². The van der Waals surface area contributed by atoms with Gasteiger partial charge in [0, 0.05) is 30.5 Å². The van der Waals surface area contributed by atoms with Gasteiger partial charge in [-0.25, -0.2) is 9.97 Å². The quantitative estimate of drug-likeness (QED) is 0.501. The highest BCUT2D eigenvalue weighted by Gasteiger charge is 2.19. The number of nitrogens with two attached hydrogens (primary N) is 1. The maximum atomic E-state index is 6.39. The van der Waals surface area contributed by atoms with Gasteiger partial charge in [0.1, 0.15) is 11.3 Å². The maximum absolute atomic E-state index is 6.39. The number of H-pyrrole nitrogens is 1. The van der Waals surface area contributed by atoms with Crippen LogP contribution in [-0.2, 0) is 13.5 Å². The number of rotatable bonds is 2. The monoisotopic (exact) mass is 386 g/mol. The zero-order valence-electron chi connectivity index (χ0n) is 17.2. The van der Waals surface area contributed by atoms with Gasteiger partial charge < -0.3 is 10.7 Å². The van der Waals surface area contributed by atoms with Crippen molar-refractivity contribution in [2.45, 2.75) is 45.6 Å². The van der Waals surface area contributed by atoms with Crippen LogP contribution in [0.2, 0.25) is 0 Å². The fraction of sp³-hybridized carbons (Fsp3) is 0.348. The predicted molar refractivity (Wildman–Crippen MR) is 115 cm³/mol. The lowest BCUT2D eigenvalue weighted by Gasteiger charge is -2.14. The molecule has 3 aromatic heterocycles. The number of benzene rings is 1. The van der Waals surface area contributed by atoms with Crippen molar-refractivity contribution < 1.29 is 0 Å². The Morgan fingerprint density at radius 2 is 2.03 bits per heavy atom. The number of hydrogen-bond donors (Lipinski definition) is 2. The van der Waals surface area contributed by atoms with E-state index in [0.29, 0.717) is 0 Å². The van der Waals surface area contributed by atoms with Gasteiger partial charge in [-0.3, -0.25) is 4.68 Å². The van der Waals surface area contributed by atoms with Crippen molar-refractivity contribution in [1.82, 2.24) is 24.7 Å². The minimum atomic E-state index is 0.146. The Kier molecular flexibility index (Phi) is 4.24. The summed E-state index contributed by atoms with van der Waals surface area (Å²) in [5.74, 6) is 0.819. The molecule has 0 spiro atoms. The van der Waals surface area contributed by atoms with E-state index in [1.165, 1.54) is 29.5 Å². The molecule has 6 heteroatoms. The van der Waals surface area contributed by atoms with E-state index in [0.717, 1.165) is 52.3 Å². The summed E-state index contributed by atoms with van der Waals surface area (Å²) >= 11 is 0. The first-order chi connectivity index (χ1) is 14.0. The smallest absolute Gasteiger partial charge is 0.158 e. The Labute approximate surface area is 170 Å². The van der Waals surface area contributed by atoms with Crippen LogP contribution in [0.1, 0.15) is 47.8 Å². The molecule has 148 valence electrons. The van der Waals surface area contributed by atoms with Crippen molar-refractivity contribution >= 4 is 11.2 Å². The topological polar surface area (TPSA) is 85.4 Å². The first-order valence-corrected chi connectivity index (χ1v) is 10.3. The summed E-state index contributed by atoms with van der Waals surface area (Å²) in [6.07, 6.45) is 6.39. The third-order valence-electron chi connectivity index (χ3n) is 6.20. The summed E-state index contributed by atoms with van der Waals surface area (Å²) in [7, 11) is 1.96. The lowest BCUT2D eigenvalue weighted by molar-refractivity contribution is 0.615. The predicted octanol–water partition coefficient (Wildman–Crippen LogP) is 4.37.